The Kier molecular flexibility index (Phi) is 3.94. The molecule has 9 heteroatoms. The lowest BCUT2D eigenvalue weighted by Crippen LogP contribution is -2.37. The standard InChI is InChI=1S/C13H17N7O2/c1-9-5-13(14-7-11(9)20(21)22)19-4-2-3-10(8-19)6-12-15-17-18-16-12/h5,7,10H,2-4,6,8H2,1H3,(H,15,16,17,18). The fourth-order valence-corrected chi connectivity index (χ4v) is 2.86. The molecule has 1 atom stereocenters. The van der Waals surface area contributed by atoms with Crippen LogP contribution in [-0.2, 0) is 6.42 Å². The number of rotatable bonds is 4. The summed E-state index contributed by atoms with van der Waals surface area (Å²) >= 11 is 0. The first-order valence-corrected chi connectivity index (χ1v) is 7.22. The Morgan fingerprint density at radius 1 is 1.55 bits per heavy atom. The van der Waals surface area contributed by atoms with Gasteiger partial charge in [-0.15, -0.1) is 10.2 Å². The molecule has 9 nitrogen and oxygen atoms in total. The minimum Gasteiger partial charge on any atom is -0.356 e. The summed E-state index contributed by atoms with van der Waals surface area (Å²) in [5.74, 6) is 1.95. The predicted octanol–water partition coefficient (Wildman–Crippen LogP) is 1.27. The number of aromatic amines is 1. The smallest absolute Gasteiger partial charge is 0.290 e. The van der Waals surface area contributed by atoms with Gasteiger partial charge in [-0.05, 0) is 31.7 Å². The lowest BCUT2D eigenvalue weighted by Gasteiger charge is -2.33. The van der Waals surface area contributed by atoms with Crippen LogP contribution in [0.1, 0.15) is 24.2 Å². The van der Waals surface area contributed by atoms with Crippen LogP contribution in [0.3, 0.4) is 0 Å². The van der Waals surface area contributed by atoms with Crippen molar-refractivity contribution in [2.75, 3.05) is 18.0 Å². The molecule has 0 bridgehead atoms. The molecule has 1 fully saturated rings. The lowest BCUT2D eigenvalue weighted by atomic mass is 9.94. The number of aromatic nitrogens is 5. The van der Waals surface area contributed by atoms with E-state index in [1.54, 1.807) is 13.0 Å². The van der Waals surface area contributed by atoms with Gasteiger partial charge >= 0.3 is 0 Å². The number of piperidine rings is 1. The Hall–Kier alpha value is -2.58. The third-order valence-electron chi connectivity index (χ3n) is 3.97. The Balaban J connectivity index is 1.71. The van der Waals surface area contributed by atoms with Gasteiger partial charge in [-0.2, -0.15) is 5.21 Å². The van der Waals surface area contributed by atoms with E-state index in [9.17, 15) is 10.1 Å². The van der Waals surface area contributed by atoms with Crippen molar-refractivity contribution < 1.29 is 4.92 Å². The Labute approximate surface area is 126 Å². The number of hydrogen-bond acceptors (Lipinski definition) is 7. The van der Waals surface area contributed by atoms with Crippen LogP contribution in [0.2, 0.25) is 0 Å². The minimum atomic E-state index is -0.401. The SMILES string of the molecule is Cc1cc(N2CCCC(Cc3nn[nH]n3)C2)ncc1[N+](=O)[O-]. The summed E-state index contributed by atoms with van der Waals surface area (Å²) in [4.78, 5) is 16.9. The van der Waals surface area contributed by atoms with Gasteiger partial charge in [-0.3, -0.25) is 10.1 Å². The van der Waals surface area contributed by atoms with Gasteiger partial charge in [0.2, 0.25) is 0 Å². The van der Waals surface area contributed by atoms with Gasteiger partial charge < -0.3 is 4.90 Å². The molecule has 116 valence electrons. The van der Waals surface area contributed by atoms with Gasteiger partial charge in [-0.1, -0.05) is 5.21 Å². The Morgan fingerprint density at radius 2 is 2.41 bits per heavy atom. The van der Waals surface area contributed by atoms with E-state index >= 15 is 0 Å². The van der Waals surface area contributed by atoms with Gasteiger partial charge in [0, 0.05) is 25.1 Å². The van der Waals surface area contributed by atoms with Crippen LogP contribution in [0.15, 0.2) is 12.3 Å². The summed E-state index contributed by atoms with van der Waals surface area (Å²) in [6, 6.07) is 1.79. The Morgan fingerprint density at radius 3 is 3.09 bits per heavy atom. The van der Waals surface area contributed by atoms with Crippen molar-refractivity contribution in [3.05, 3.63) is 33.8 Å². The molecule has 0 aromatic carbocycles. The van der Waals surface area contributed by atoms with Crippen LogP contribution in [0.25, 0.3) is 0 Å². The predicted molar refractivity (Wildman–Crippen MR) is 78.4 cm³/mol. The van der Waals surface area contributed by atoms with Gasteiger partial charge in [-0.25, -0.2) is 4.98 Å². The summed E-state index contributed by atoms with van der Waals surface area (Å²) in [5.41, 5.74) is 0.694. The zero-order chi connectivity index (χ0) is 15.5. The third kappa shape index (κ3) is 3.02. The van der Waals surface area contributed by atoms with Crippen molar-refractivity contribution >= 4 is 11.5 Å². The first-order valence-electron chi connectivity index (χ1n) is 7.22. The normalized spacial score (nSPS) is 18.4. The third-order valence-corrected chi connectivity index (χ3v) is 3.97. The highest BCUT2D eigenvalue weighted by atomic mass is 16.6. The van der Waals surface area contributed by atoms with Crippen molar-refractivity contribution in [2.24, 2.45) is 5.92 Å². The topological polar surface area (TPSA) is 114 Å². The first kappa shape index (κ1) is 14.4. The fraction of sp³-hybridized carbons (Fsp3) is 0.538. The highest BCUT2D eigenvalue weighted by Gasteiger charge is 2.23. The van der Waals surface area contributed by atoms with E-state index in [-0.39, 0.29) is 5.69 Å². The van der Waals surface area contributed by atoms with E-state index in [0.717, 1.165) is 44.0 Å². The number of nitrogens with zero attached hydrogens (tertiary/aromatic N) is 6. The lowest BCUT2D eigenvalue weighted by molar-refractivity contribution is -0.385. The van der Waals surface area contributed by atoms with Gasteiger partial charge in [0.15, 0.2) is 5.82 Å². The molecule has 1 unspecified atom stereocenters. The van der Waals surface area contributed by atoms with Crippen LogP contribution in [0.5, 0.6) is 0 Å². The van der Waals surface area contributed by atoms with E-state index in [2.05, 4.69) is 30.5 Å². The number of anilines is 1. The summed E-state index contributed by atoms with van der Waals surface area (Å²) in [5, 5.41) is 24.9. The number of hydrogen-bond donors (Lipinski definition) is 1. The molecule has 0 spiro atoms. The fourth-order valence-electron chi connectivity index (χ4n) is 2.86. The van der Waals surface area contributed by atoms with Crippen LogP contribution in [-0.4, -0.2) is 43.6 Å². The molecule has 2 aromatic rings. The van der Waals surface area contributed by atoms with E-state index in [1.807, 2.05) is 0 Å². The molecule has 3 rings (SSSR count). The second kappa shape index (κ2) is 6.04. The molecular formula is C13H17N7O2. The molecule has 0 aliphatic carbocycles. The summed E-state index contributed by atoms with van der Waals surface area (Å²) in [6.07, 6.45) is 4.28. The van der Waals surface area contributed by atoms with Crippen LogP contribution >= 0.6 is 0 Å². The molecule has 0 amide bonds. The first-order chi connectivity index (χ1) is 10.6. The zero-order valence-electron chi connectivity index (χ0n) is 12.3. The Bertz CT molecular complexity index is 658. The van der Waals surface area contributed by atoms with Crippen LogP contribution in [0, 0.1) is 23.0 Å². The molecule has 22 heavy (non-hydrogen) atoms. The molecule has 1 aliphatic heterocycles. The molecular weight excluding hydrogens is 286 g/mol. The van der Waals surface area contributed by atoms with Crippen molar-refractivity contribution in [3.63, 3.8) is 0 Å². The maximum atomic E-state index is 10.9. The maximum Gasteiger partial charge on any atom is 0.290 e. The number of tetrazole rings is 1. The number of pyridine rings is 1. The average Bonchev–Trinajstić information content (AvgIpc) is 3.00. The molecule has 1 saturated heterocycles. The number of H-pyrrole nitrogens is 1. The summed E-state index contributed by atoms with van der Waals surface area (Å²) < 4.78 is 0. The van der Waals surface area contributed by atoms with Gasteiger partial charge in [0.05, 0.1) is 4.92 Å². The summed E-state index contributed by atoms with van der Waals surface area (Å²) in [6.45, 7) is 3.50. The number of nitro groups is 1. The van der Waals surface area contributed by atoms with Crippen molar-refractivity contribution in [1.82, 2.24) is 25.6 Å². The van der Waals surface area contributed by atoms with Crippen molar-refractivity contribution in [2.45, 2.75) is 26.2 Å². The van der Waals surface area contributed by atoms with Crippen molar-refractivity contribution in [1.29, 1.82) is 0 Å². The molecule has 1 aliphatic rings. The quantitative estimate of drug-likeness (QED) is 0.668. The number of nitrogens with one attached hydrogen (secondary N) is 1. The van der Waals surface area contributed by atoms with E-state index in [0.29, 0.717) is 11.5 Å². The van der Waals surface area contributed by atoms with E-state index < -0.39 is 4.92 Å². The molecule has 0 radical (unpaired) electrons. The van der Waals surface area contributed by atoms with Gasteiger partial charge in [0.25, 0.3) is 5.69 Å². The molecule has 3 heterocycles. The number of aryl methyl sites for hydroxylation is 1. The average molecular weight is 303 g/mol. The monoisotopic (exact) mass is 303 g/mol. The molecule has 2 aromatic heterocycles. The van der Waals surface area contributed by atoms with E-state index in [1.165, 1.54) is 6.20 Å². The van der Waals surface area contributed by atoms with Crippen LogP contribution < -0.4 is 4.90 Å². The van der Waals surface area contributed by atoms with Crippen LogP contribution in [0.4, 0.5) is 11.5 Å². The maximum absolute atomic E-state index is 10.9. The second-order valence-electron chi connectivity index (χ2n) is 5.57. The van der Waals surface area contributed by atoms with Crippen molar-refractivity contribution in [3.8, 4) is 0 Å². The second-order valence-corrected chi connectivity index (χ2v) is 5.57. The minimum absolute atomic E-state index is 0.0594. The van der Waals surface area contributed by atoms with Gasteiger partial charge in [0.1, 0.15) is 12.0 Å². The molecule has 0 saturated carbocycles. The summed E-state index contributed by atoms with van der Waals surface area (Å²) in [7, 11) is 0. The van der Waals surface area contributed by atoms with E-state index in [4.69, 9.17) is 0 Å². The largest absolute Gasteiger partial charge is 0.356 e. The molecule has 1 N–H and O–H groups in total. The highest BCUT2D eigenvalue weighted by Crippen LogP contribution is 2.26. The zero-order valence-corrected chi connectivity index (χ0v) is 12.3. The highest BCUT2D eigenvalue weighted by molar-refractivity contribution is 5.48.